The van der Waals surface area contributed by atoms with Crippen LogP contribution >= 0.6 is 11.8 Å². The second kappa shape index (κ2) is 8.81. The summed E-state index contributed by atoms with van der Waals surface area (Å²) in [6.07, 6.45) is 8.86. The van der Waals surface area contributed by atoms with Gasteiger partial charge < -0.3 is 15.5 Å². The van der Waals surface area contributed by atoms with E-state index in [4.69, 9.17) is 0 Å². The first-order valence-corrected chi connectivity index (χ1v) is 9.86. The number of nitrogens with one attached hydrogen (secondary N) is 2. The van der Waals surface area contributed by atoms with E-state index in [1.54, 1.807) is 19.0 Å². The molecule has 1 unspecified atom stereocenters. The maximum absolute atomic E-state index is 11.8. The molecule has 132 valence electrons. The van der Waals surface area contributed by atoms with E-state index >= 15 is 0 Å². The van der Waals surface area contributed by atoms with Crippen LogP contribution in [-0.4, -0.2) is 60.5 Å². The molecule has 2 aliphatic rings. The van der Waals surface area contributed by atoms with E-state index in [0.29, 0.717) is 10.8 Å². The summed E-state index contributed by atoms with van der Waals surface area (Å²) < 4.78 is 0.292. The van der Waals surface area contributed by atoms with Gasteiger partial charge in [0.15, 0.2) is 5.96 Å². The Kier molecular flexibility index (Phi) is 7.06. The molecule has 23 heavy (non-hydrogen) atoms. The summed E-state index contributed by atoms with van der Waals surface area (Å²) in [6, 6.07) is 0.494. The highest BCUT2D eigenvalue weighted by atomic mass is 32.2. The Hall–Kier alpha value is -0.910. The van der Waals surface area contributed by atoms with Gasteiger partial charge >= 0.3 is 0 Å². The lowest BCUT2D eigenvalue weighted by Crippen LogP contribution is -2.48. The Balaban J connectivity index is 1.91. The normalized spacial score (nSPS) is 26.1. The lowest BCUT2D eigenvalue weighted by Gasteiger charge is -2.28. The Labute approximate surface area is 145 Å². The van der Waals surface area contributed by atoms with E-state index in [2.05, 4.69) is 22.5 Å². The van der Waals surface area contributed by atoms with Crippen LogP contribution in [0, 0.1) is 0 Å². The van der Waals surface area contributed by atoms with Crippen LogP contribution in [0.25, 0.3) is 0 Å². The third-order valence-corrected chi connectivity index (χ3v) is 6.29. The van der Waals surface area contributed by atoms with E-state index in [-0.39, 0.29) is 12.5 Å². The fraction of sp³-hybridized carbons (Fsp3) is 0.882. The molecule has 2 rings (SSSR count). The van der Waals surface area contributed by atoms with Crippen molar-refractivity contribution in [1.82, 2.24) is 15.5 Å². The number of nitrogens with zero attached hydrogens (tertiary/aromatic N) is 2. The molecule has 1 aliphatic heterocycles. The smallest absolute Gasteiger partial charge is 0.243 e. The van der Waals surface area contributed by atoms with Gasteiger partial charge in [0.25, 0.3) is 0 Å². The zero-order chi connectivity index (χ0) is 16.7. The summed E-state index contributed by atoms with van der Waals surface area (Å²) >= 11 is 2.04. The van der Waals surface area contributed by atoms with Crippen molar-refractivity contribution in [2.75, 3.05) is 32.9 Å². The number of carbonyl (C=O) groups excluding carboxylic acids is 1. The first-order chi connectivity index (χ1) is 11.0. The van der Waals surface area contributed by atoms with Gasteiger partial charge in [-0.15, -0.1) is 0 Å². The quantitative estimate of drug-likeness (QED) is 0.595. The number of aliphatic imine (C=N–C) groups is 1. The molecule has 0 aromatic heterocycles. The van der Waals surface area contributed by atoms with Crippen molar-refractivity contribution < 1.29 is 4.79 Å². The summed E-state index contributed by atoms with van der Waals surface area (Å²) in [5.74, 6) is 2.09. The molecule has 0 spiro atoms. The molecule has 0 radical (unpaired) electrons. The molecule has 1 amide bonds. The first kappa shape index (κ1) is 18.4. The van der Waals surface area contributed by atoms with E-state index in [1.165, 1.54) is 50.7 Å². The highest BCUT2D eigenvalue weighted by molar-refractivity contribution is 8.00. The zero-order valence-electron chi connectivity index (χ0n) is 14.9. The van der Waals surface area contributed by atoms with Crippen molar-refractivity contribution >= 4 is 23.6 Å². The first-order valence-electron chi connectivity index (χ1n) is 8.87. The number of carbonyl (C=O) groups is 1. The number of thioether (sulfide) groups is 1. The standard InChI is InChI=1S/C17H32N4OS/c1-17(10-7-11-23-17)13-19-16(18-12-15(22)21(2)3)20-14-8-5-4-6-9-14/h14H,4-13H2,1-3H3,(H2,18,19,20). The molecule has 1 heterocycles. The van der Waals surface area contributed by atoms with Gasteiger partial charge in [0.1, 0.15) is 6.54 Å². The van der Waals surface area contributed by atoms with Gasteiger partial charge in [0.05, 0.1) is 0 Å². The lowest BCUT2D eigenvalue weighted by molar-refractivity contribution is -0.127. The van der Waals surface area contributed by atoms with Crippen molar-refractivity contribution in [2.24, 2.45) is 4.99 Å². The lowest BCUT2D eigenvalue weighted by atomic mass is 9.96. The number of likely N-dealkylation sites (N-methyl/N-ethyl adjacent to an activating group) is 1. The van der Waals surface area contributed by atoms with Crippen LogP contribution in [0.5, 0.6) is 0 Å². The van der Waals surface area contributed by atoms with Crippen LogP contribution in [0.1, 0.15) is 51.9 Å². The van der Waals surface area contributed by atoms with Crippen LogP contribution in [-0.2, 0) is 4.79 Å². The molecule has 1 saturated carbocycles. The van der Waals surface area contributed by atoms with Crippen LogP contribution in [0.4, 0.5) is 0 Å². The summed E-state index contributed by atoms with van der Waals surface area (Å²) in [5.41, 5.74) is 0. The molecule has 0 bridgehead atoms. The SMILES string of the molecule is CN(C)C(=O)CN=C(NCC1(C)CCCS1)NC1CCCCC1. The van der Waals surface area contributed by atoms with Gasteiger partial charge in [-0.3, -0.25) is 4.79 Å². The van der Waals surface area contributed by atoms with Crippen LogP contribution in [0.3, 0.4) is 0 Å². The van der Waals surface area contributed by atoms with Crippen LogP contribution in [0.15, 0.2) is 4.99 Å². The minimum Gasteiger partial charge on any atom is -0.355 e. The topological polar surface area (TPSA) is 56.7 Å². The average Bonchev–Trinajstić information content (AvgIpc) is 2.97. The van der Waals surface area contributed by atoms with Gasteiger partial charge in [0.2, 0.25) is 5.91 Å². The summed E-state index contributed by atoms with van der Waals surface area (Å²) in [6.45, 7) is 3.44. The molecule has 2 fully saturated rings. The van der Waals surface area contributed by atoms with Crippen LogP contribution in [0.2, 0.25) is 0 Å². The maximum atomic E-state index is 11.8. The van der Waals surface area contributed by atoms with Crippen molar-refractivity contribution in [3.8, 4) is 0 Å². The summed E-state index contributed by atoms with van der Waals surface area (Å²) in [7, 11) is 3.55. The monoisotopic (exact) mass is 340 g/mol. The van der Waals surface area contributed by atoms with E-state index in [9.17, 15) is 4.79 Å². The molecule has 5 nitrogen and oxygen atoms in total. The maximum Gasteiger partial charge on any atom is 0.243 e. The second-order valence-corrected chi connectivity index (χ2v) is 8.87. The van der Waals surface area contributed by atoms with Crippen molar-refractivity contribution in [2.45, 2.75) is 62.7 Å². The molecule has 0 aromatic rings. The summed E-state index contributed by atoms with van der Waals surface area (Å²) in [5, 5.41) is 7.04. The number of hydrogen-bond donors (Lipinski definition) is 2. The Morgan fingerprint density at radius 3 is 2.61 bits per heavy atom. The third kappa shape index (κ3) is 6.24. The number of guanidine groups is 1. The van der Waals surface area contributed by atoms with Gasteiger partial charge in [-0.25, -0.2) is 4.99 Å². The number of amides is 1. The molecular weight excluding hydrogens is 308 g/mol. The van der Waals surface area contributed by atoms with Gasteiger partial charge in [-0.2, -0.15) is 11.8 Å². The fourth-order valence-corrected chi connectivity index (χ4v) is 4.37. The predicted octanol–water partition coefficient (Wildman–Crippen LogP) is 2.23. The van der Waals surface area contributed by atoms with E-state index in [1.807, 2.05) is 11.8 Å². The molecule has 1 atom stereocenters. The van der Waals surface area contributed by atoms with Gasteiger partial charge in [0, 0.05) is 31.4 Å². The van der Waals surface area contributed by atoms with Crippen molar-refractivity contribution in [3.63, 3.8) is 0 Å². The largest absolute Gasteiger partial charge is 0.355 e. The van der Waals surface area contributed by atoms with E-state index in [0.717, 1.165) is 12.5 Å². The molecule has 0 aromatic carbocycles. The van der Waals surface area contributed by atoms with Crippen molar-refractivity contribution in [3.05, 3.63) is 0 Å². The Bertz CT molecular complexity index is 413. The molecular formula is C17H32N4OS. The number of rotatable bonds is 5. The van der Waals surface area contributed by atoms with E-state index < -0.39 is 0 Å². The average molecular weight is 341 g/mol. The highest BCUT2D eigenvalue weighted by Crippen LogP contribution is 2.36. The molecule has 1 saturated heterocycles. The summed E-state index contributed by atoms with van der Waals surface area (Å²) in [4.78, 5) is 17.9. The molecule has 2 N–H and O–H groups in total. The molecule has 1 aliphatic carbocycles. The Morgan fingerprint density at radius 2 is 2.00 bits per heavy atom. The molecule has 6 heteroatoms. The second-order valence-electron chi connectivity index (χ2n) is 7.19. The predicted molar refractivity (Wildman–Crippen MR) is 99.1 cm³/mol. The van der Waals surface area contributed by atoms with Gasteiger partial charge in [-0.05, 0) is 38.4 Å². The van der Waals surface area contributed by atoms with Gasteiger partial charge in [-0.1, -0.05) is 19.3 Å². The fourth-order valence-electron chi connectivity index (χ4n) is 3.13. The number of hydrogen-bond acceptors (Lipinski definition) is 3. The van der Waals surface area contributed by atoms with Crippen LogP contribution < -0.4 is 10.6 Å². The highest BCUT2D eigenvalue weighted by Gasteiger charge is 2.29. The minimum absolute atomic E-state index is 0.0381. The zero-order valence-corrected chi connectivity index (χ0v) is 15.7. The minimum atomic E-state index is 0.0381. The Morgan fingerprint density at radius 1 is 1.26 bits per heavy atom. The third-order valence-electron chi connectivity index (χ3n) is 4.75. The van der Waals surface area contributed by atoms with Crippen molar-refractivity contribution in [1.29, 1.82) is 0 Å².